The summed E-state index contributed by atoms with van der Waals surface area (Å²) < 4.78 is 0. The molecule has 0 saturated carbocycles. The van der Waals surface area contributed by atoms with Crippen LogP contribution in [0.25, 0.3) is 0 Å². The van der Waals surface area contributed by atoms with Gasteiger partial charge in [0.1, 0.15) is 0 Å². The number of hydrogen-bond donors (Lipinski definition) is 1. The lowest BCUT2D eigenvalue weighted by Crippen LogP contribution is -2.60. The Hall–Kier alpha value is -1.06. The van der Waals surface area contributed by atoms with E-state index < -0.39 is 0 Å². The van der Waals surface area contributed by atoms with E-state index in [0.717, 1.165) is 13.1 Å². The van der Waals surface area contributed by atoms with Crippen LogP contribution in [-0.2, 0) is 0 Å². The Morgan fingerprint density at radius 1 is 1.30 bits per heavy atom. The summed E-state index contributed by atoms with van der Waals surface area (Å²) in [4.78, 5) is 5.23. The van der Waals surface area contributed by atoms with E-state index in [2.05, 4.69) is 47.9 Å². The molecule has 0 radical (unpaired) electrons. The average molecular weight is 273 g/mol. The summed E-state index contributed by atoms with van der Waals surface area (Å²) in [6.45, 7) is 8.67. The molecule has 0 aliphatic carbocycles. The van der Waals surface area contributed by atoms with Gasteiger partial charge in [-0.1, -0.05) is 17.7 Å². The van der Waals surface area contributed by atoms with Crippen LogP contribution in [0.3, 0.4) is 0 Å². The van der Waals surface area contributed by atoms with Crippen molar-refractivity contribution in [2.45, 2.75) is 44.7 Å². The van der Waals surface area contributed by atoms with Gasteiger partial charge in [-0.25, -0.2) is 0 Å². The van der Waals surface area contributed by atoms with E-state index >= 15 is 0 Å². The molecule has 0 aromatic heterocycles. The molecule has 2 atom stereocenters. The van der Waals surface area contributed by atoms with Gasteiger partial charge < -0.3 is 10.6 Å². The lowest BCUT2D eigenvalue weighted by molar-refractivity contribution is 0.257. The number of likely N-dealkylation sites (N-methyl/N-ethyl adjacent to an activating group) is 1. The normalized spacial score (nSPS) is 29.6. The summed E-state index contributed by atoms with van der Waals surface area (Å²) in [7, 11) is 0. The molecule has 110 valence electrons. The monoisotopic (exact) mass is 273 g/mol. The first kappa shape index (κ1) is 13.9. The second kappa shape index (κ2) is 5.38. The van der Waals surface area contributed by atoms with Crippen molar-refractivity contribution in [2.75, 3.05) is 31.1 Å². The Morgan fingerprint density at radius 3 is 2.70 bits per heavy atom. The molecular weight excluding hydrogens is 246 g/mol. The molecule has 3 rings (SSSR count). The highest BCUT2D eigenvalue weighted by molar-refractivity contribution is 5.51. The van der Waals surface area contributed by atoms with Crippen molar-refractivity contribution in [3.63, 3.8) is 0 Å². The van der Waals surface area contributed by atoms with Crippen molar-refractivity contribution in [1.29, 1.82) is 0 Å². The van der Waals surface area contributed by atoms with Gasteiger partial charge in [0.25, 0.3) is 0 Å². The molecule has 2 fully saturated rings. The van der Waals surface area contributed by atoms with Crippen LogP contribution in [0.15, 0.2) is 24.3 Å². The van der Waals surface area contributed by atoms with Gasteiger partial charge in [0.2, 0.25) is 0 Å². The van der Waals surface area contributed by atoms with Gasteiger partial charge in [-0.3, -0.25) is 4.90 Å². The summed E-state index contributed by atoms with van der Waals surface area (Å²) in [6.07, 6.45) is 3.84. The first-order chi connectivity index (χ1) is 9.71. The van der Waals surface area contributed by atoms with Gasteiger partial charge in [0.05, 0.1) is 5.54 Å². The molecule has 1 aromatic carbocycles. The van der Waals surface area contributed by atoms with E-state index in [1.165, 1.54) is 43.6 Å². The van der Waals surface area contributed by atoms with Crippen LogP contribution in [0.5, 0.6) is 0 Å². The van der Waals surface area contributed by atoms with Crippen molar-refractivity contribution >= 4 is 5.69 Å². The van der Waals surface area contributed by atoms with Gasteiger partial charge in [-0.15, -0.1) is 0 Å². The molecule has 2 N–H and O–H groups in total. The largest absolute Gasteiger partial charge is 0.363 e. The van der Waals surface area contributed by atoms with Gasteiger partial charge in [0, 0.05) is 31.4 Å². The molecule has 3 nitrogen and oxygen atoms in total. The van der Waals surface area contributed by atoms with E-state index in [4.69, 9.17) is 5.73 Å². The zero-order valence-electron chi connectivity index (χ0n) is 12.8. The maximum absolute atomic E-state index is 6.30. The maximum atomic E-state index is 6.30. The fourth-order valence-corrected chi connectivity index (χ4v) is 4.35. The van der Waals surface area contributed by atoms with Gasteiger partial charge in [0.15, 0.2) is 0 Å². The molecule has 2 aliphatic heterocycles. The Morgan fingerprint density at radius 2 is 2.05 bits per heavy atom. The number of benzene rings is 1. The van der Waals surface area contributed by atoms with E-state index in [-0.39, 0.29) is 5.54 Å². The lowest BCUT2D eigenvalue weighted by Gasteiger charge is -2.45. The van der Waals surface area contributed by atoms with Crippen molar-refractivity contribution in [3.8, 4) is 0 Å². The van der Waals surface area contributed by atoms with E-state index in [0.29, 0.717) is 6.04 Å². The predicted molar refractivity (Wildman–Crippen MR) is 85.2 cm³/mol. The summed E-state index contributed by atoms with van der Waals surface area (Å²) in [5.74, 6) is 0. The second-order valence-electron chi connectivity index (χ2n) is 6.33. The summed E-state index contributed by atoms with van der Waals surface area (Å²) in [5, 5.41) is 0. The number of anilines is 1. The summed E-state index contributed by atoms with van der Waals surface area (Å²) in [5.41, 5.74) is 9.09. The Labute approximate surface area is 122 Å². The molecular formula is C17H27N3. The first-order valence-electron chi connectivity index (χ1n) is 7.99. The number of rotatable bonds is 4. The zero-order valence-corrected chi connectivity index (χ0v) is 12.8. The molecule has 0 spiro atoms. The SMILES string of the molecule is CCN(c1ccc(C)cc1)C1(CN)CCN2CCCC21. The van der Waals surface area contributed by atoms with Crippen LogP contribution < -0.4 is 10.6 Å². The third kappa shape index (κ3) is 2.04. The zero-order chi connectivity index (χ0) is 14.2. The molecule has 2 saturated heterocycles. The summed E-state index contributed by atoms with van der Waals surface area (Å²) >= 11 is 0. The molecule has 2 heterocycles. The van der Waals surface area contributed by atoms with Crippen LogP contribution >= 0.6 is 0 Å². The standard InChI is InChI=1S/C17H27N3/c1-3-20(15-8-6-14(2)7-9-15)17(13-18)10-12-19-11-4-5-16(17)19/h6-9,16H,3-5,10-13,18H2,1-2H3. The topological polar surface area (TPSA) is 32.5 Å². The van der Waals surface area contributed by atoms with Crippen molar-refractivity contribution < 1.29 is 0 Å². The van der Waals surface area contributed by atoms with E-state index in [1.54, 1.807) is 0 Å². The Balaban J connectivity index is 1.95. The van der Waals surface area contributed by atoms with Gasteiger partial charge in [-0.05, 0) is 51.8 Å². The lowest BCUT2D eigenvalue weighted by atomic mass is 9.86. The minimum atomic E-state index is 0.139. The molecule has 3 heteroatoms. The van der Waals surface area contributed by atoms with Crippen LogP contribution in [0.1, 0.15) is 31.7 Å². The fourth-order valence-electron chi connectivity index (χ4n) is 4.35. The predicted octanol–water partition coefficient (Wildman–Crippen LogP) is 2.39. The van der Waals surface area contributed by atoms with Crippen LogP contribution in [0.4, 0.5) is 5.69 Å². The van der Waals surface area contributed by atoms with Crippen molar-refractivity contribution in [2.24, 2.45) is 5.73 Å². The summed E-state index contributed by atoms with van der Waals surface area (Å²) in [6, 6.07) is 9.59. The smallest absolute Gasteiger partial charge is 0.0690 e. The Bertz CT molecular complexity index is 456. The van der Waals surface area contributed by atoms with E-state index in [1.807, 2.05) is 0 Å². The average Bonchev–Trinajstić information content (AvgIpc) is 3.05. The molecule has 0 bridgehead atoms. The van der Waals surface area contributed by atoms with Crippen LogP contribution in [0, 0.1) is 6.92 Å². The van der Waals surface area contributed by atoms with Gasteiger partial charge >= 0.3 is 0 Å². The highest BCUT2D eigenvalue weighted by Crippen LogP contribution is 2.41. The molecule has 0 amide bonds. The number of hydrogen-bond acceptors (Lipinski definition) is 3. The molecule has 1 aromatic rings. The highest BCUT2D eigenvalue weighted by Gasteiger charge is 2.51. The number of fused-ring (bicyclic) bond motifs is 1. The van der Waals surface area contributed by atoms with Crippen molar-refractivity contribution in [3.05, 3.63) is 29.8 Å². The first-order valence-corrected chi connectivity index (χ1v) is 7.99. The number of nitrogens with two attached hydrogens (primary N) is 1. The third-order valence-corrected chi connectivity index (χ3v) is 5.37. The maximum Gasteiger partial charge on any atom is 0.0690 e. The fraction of sp³-hybridized carbons (Fsp3) is 0.647. The van der Waals surface area contributed by atoms with E-state index in [9.17, 15) is 0 Å². The molecule has 2 aliphatic rings. The molecule has 2 unspecified atom stereocenters. The van der Waals surface area contributed by atoms with Gasteiger partial charge in [-0.2, -0.15) is 0 Å². The Kier molecular flexibility index (Phi) is 3.74. The minimum absolute atomic E-state index is 0.139. The quantitative estimate of drug-likeness (QED) is 0.914. The highest BCUT2D eigenvalue weighted by atomic mass is 15.3. The molecule has 20 heavy (non-hydrogen) atoms. The van der Waals surface area contributed by atoms with Crippen molar-refractivity contribution in [1.82, 2.24) is 4.90 Å². The number of nitrogens with zero attached hydrogens (tertiary/aromatic N) is 2. The second-order valence-corrected chi connectivity index (χ2v) is 6.33. The third-order valence-electron chi connectivity index (χ3n) is 5.37. The van der Waals surface area contributed by atoms with Crippen LogP contribution in [-0.4, -0.2) is 42.7 Å². The minimum Gasteiger partial charge on any atom is -0.363 e. The number of aryl methyl sites for hydroxylation is 1. The van der Waals surface area contributed by atoms with Crippen LogP contribution in [0.2, 0.25) is 0 Å².